The molecule has 60 valence electrons. The third kappa shape index (κ3) is 3.92. The fourth-order valence-electron chi connectivity index (χ4n) is 1.17. The molecule has 10 heavy (non-hydrogen) atoms. The highest BCUT2D eigenvalue weighted by atomic mass is 14.2. The SMILES string of the molecule is [CH]CC(C)(C)CC(C)CC. The van der Waals surface area contributed by atoms with E-state index in [1.807, 2.05) is 0 Å². The maximum atomic E-state index is 5.61. The number of rotatable bonds is 4. The Balaban J connectivity index is 3.64. The zero-order valence-corrected chi connectivity index (χ0v) is 7.78. The van der Waals surface area contributed by atoms with E-state index in [-0.39, 0.29) is 0 Å². The Morgan fingerprint density at radius 3 is 2.20 bits per heavy atom. The standard InChI is InChI=1S/C10H20/c1-6-9(3)8-10(4,5)7-2/h2,9H,6-8H2,1,3-5H3. The lowest BCUT2D eigenvalue weighted by Gasteiger charge is -2.25. The minimum atomic E-state index is 0.343. The molecule has 0 saturated heterocycles. The molecule has 0 aliphatic carbocycles. The normalized spacial score (nSPS) is 15.3. The predicted octanol–water partition coefficient (Wildman–Crippen LogP) is 3.55. The molecule has 0 aliphatic rings. The van der Waals surface area contributed by atoms with E-state index in [0.29, 0.717) is 5.41 Å². The zero-order chi connectivity index (χ0) is 8.20. The van der Waals surface area contributed by atoms with Crippen LogP contribution in [-0.4, -0.2) is 0 Å². The third-order valence-corrected chi connectivity index (χ3v) is 2.15. The van der Waals surface area contributed by atoms with Crippen LogP contribution in [0.5, 0.6) is 0 Å². The van der Waals surface area contributed by atoms with Crippen LogP contribution in [0, 0.1) is 18.3 Å². The molecule has 1 unspecified atom stereocenters. The Morgan fingerprint density at radius 1 is 1.40 bits per heavy atom. The first-order valence-corrected chi connectivity index (χ1v) is 4.22. The quantitative estimate of drug-likeness (QED) is 0.560. The first-order valence-electron chi connectivity index (χ1n) is 4.22. The van der Waals surface area contributed by atoms with E-state index in [9.17, 15) is 0 Å². The molecular formula is C10H20. The largest absolute Gasteiger partial charge is 0.0651 e. The van der Waals surface area contributed by atoms with Crippen molar-refractivity contribution in [2.75, 3.05) is 0 Å². The molecule has 0 aromatic heterocycles. The fraction of sp³-hybridized carbons (Fsp3) is 0.900. The van der Waals surface area contributed by atoms with E-state index in [2.05, 4.69) is 27.7 Å². The van der Waals surface area contributed by atoms with Gasteiger partial charge >= 0.3 is 0 Å². The van der Waals surface area contributed by atoms with Gasteiger partial charge in [0.05, 0.1) is 0 Å². The summed E-state index contributed by atoms with van der Waals surface area (Å²) in [5.74, 6) is 0.818. The topological polar surface area (TPSA) is 0 Å². The molecule has 0 aliphatic heterocycles. The van der Waals surface area contributed by atoms with Crippen LogP contribution >= 0.6 is 0 Å². The molecular weight excluding hydrogens is 120 g/mol. The van der Waals surface area contributed by atoms with Crippen molar-refractivity contribution < 1.29 is 0 Å². The summed E-state index contributed by atoms with van der Waals surface area (Å²) in [6.07, 6.45) is 3.32. The second kappa shape index (κ2) is 4.00. The Kier molecular flexibility index (Phi) is 4.00. The van der Waals surface area contributed by atoms with Crippen molar-refractivity contribution in [2.24, 2.45) is 11.3 Å². The molecule has 0 aromatic carbocycles. The van der Waals surface area contributed by atoms with Gasteiger partial charge in [-0.25, -0.2) is 0 Å². The molecule has 0 fully saturated rings. The van der Waals surface area contributed by atoms with Crippen LogP contribution in [0.3, 0.4) is 0 Å². The summed E-state index contributed by atoms with van der Waals surface area (Å²) < 4.78 is 0. The maximum Gasteiger partial charge on any atom is -0.0346 e. The molecule has 0 bridgehead atoms. The highest BCUT2D eigenvalue weighted by molar-refractivity contribution is 4.71. The Labute approximate surface area is 66.0 Å². The fourth-order valence-corrected chi connectivity index (χ4v) is 1.17. The summed E-state index contributed by atoms with van der Waals surface area (Å²) >= 11 is 0. The van der Waals surface area contributed by atoms with Crippen molar-refractivity contribution in [3.05, 3.63) is 6.92 Å². The lowest BCUT2D eigenvalue weighted by Crippen LogP contribution is -2.13. The highest BCUT2D eigenvalue weighted by Gasteiger charge is 2.17. The van der Waals surface area contributed by atoms with E-state index in [4.69, 9.17) is 6.92 Å². The molecule has 0 aromatic rings. The highest BCUT2D eigenvalue weighted by Crippen LogP contribution is 2.29. The van der Waals surface area contributed by atoms with Crippen LogP contribution in [0.1, 0.15) is 47.0 Å². The van der Waals surface area contributed by atoms with Crippen molar-refractivity contribution in [3.63, 3.8) is 0 Å². The average molecular weight is 140 g/mol. The van der Waals surface area contributed by atoms with E-state index in [1.54, 1.807) is 0 Å². The van der Waals surface area contributed by atoms with E-state index < -0.39 is 0 Å². The van der Waals surface area contributed by atoms with Crippen LogP contribution < -0.4 is 0 Å². The van der Waals surface area contributed by atoms with Gasteiger partial charge in [0.15, 0.2) is 0 Å². The van der Waals surface area contributed by atoms with Gasteiger partial charge in [0.25, 0.3) is 0 Å². The first kappa shape index (κ1) is 10.0. The minimum absolute atomic E-state index is 0.343. The monoisotopic (exact) mass is 140 g/mol. The molecule has 0 heteroatoms. The molecule has 0 saturated carbocycles. The van der Waals surface area contributed by atoms with Crippen LogP contribution in [0.2, 0.25) is 0 Å². The van der Waals surface area contributed by atoms with Gasteiger partial charge in [0, 0.05) is 0 Å². The molecule has 1 atom stereocenters. The van der Waals surface area contributed by atoms with Crippen molar-refractivity contribution in [1.82, 2.24) is 0 Å². The summed E-state index contributed by atoms with van der Waals surface area (Å²) in [4.78, 5) is 0. The summed E-state index contributed by atoms with van der Waals surface area (Å²) in [6, 6.07) is 0. The molecule has 0 nitrogen and oxygen atoms in total. The van der Waals surface area contributed by atoms with Gasteiger partial charge < -0.3 is 0 Å². The second-order valence-corrected chi connectivity index (χ2v) is 4.09. The van der Waals surface area contributed by atoms with E-state index in [1.165, 1.54) is 12.8 Å². The van der Waals surface area contributed by atoms with Gasteiger partial charge in [-0.1, -0.05) is 34.1 Å². The Hall–Kier alpha value is 0. The molecule has 0 amide bonds. The Morgan fingerprint density at radius 2 is 1.90 bits per heavy atom. The second-order valence-electron chi connectivity index (χ2n) is 4.09. The van der Waals surface area contributed by atoms with Crippen molar-refractivity contribution in [1.29, 1.82) is 0 Å². The molecule has 2 radical (unpaired) electrons. The number of hydrogen-bond donors (Lipinski definition) is 0. The van der Waals surface area contributed by atoms with Gasteiger partial charge in [-0.05, 0) is 31.1 Å². The van der Waals surface area contributed by atoms with Gasteiger partial charge in [-0.3, -0.25) is 0 Å². The van der Waals surface area contributed by atoms with E-state index >= 15 is 0 Å². The van der Waals surface area contributed by atoms with Gasteiger partial charge in [0.1, 0.15) is 0 Å². The van der Waals surface area contributed by atoms with Crippen LogP contribution in [0.4, 0.5) is 0 Å². The van der Waals surface area contributed by atoms with Crippen molar-refractivity contribution >= 4 is 0 Å². The van der Waals surface area contributed by atoms with Gasteiger partial charge in [0.2, 0.25) is 0 Å². The summed E-state index contributed by atoms with van der Waals surface area (Å²) in [7, 11) is 0. The molecule has 0 heterocycles. The molecule has 0 rings (SSSR count). The Bertz CT molecular complexity index is 82.0. The number of hydrogen-bond acceptors (Lipinski definition) is 0. The third-order valence-electron chi connectivity index (χ3n) is 2.15. The lowest BCUT2D eigenvalue weighted by atomic mass is 9.80. The van der Waals surface area contributed by atoms with Gasteiger partial charge in [-0.15, -0.1) is 0 Å². The summed E-state index contributed by atoms with van der Waals surface area (Å²) in [6.45, 7) is 14.6. The summed E-state index contributed by atoms with van der Waals surface area (Å²) in [5.41, 5.74) is 0.343. The average Bonchev–Trinajstić information content (AvgIpc) is 1.87. The van der Waals surface area contributed by atoms with Crippen LogP contribution in [0.25, 0.3) is 0 Å². The first-order chi connectivity index (χ1) is 4.52. The molecule has 0 spiro atoms. The van der Waals surface area contributed by atoms with Crippen molar-refractivity contribution in [2.45, 2.75) is 47.0 Å². The van der Waals surface area contributed by atoms with E-state index in [0.717, 1.165) is 12.3 Å². The zero-order valence-electron chi connectivity index (χ0n) is 7.78. The van der Waals surface area contributed by atoms with Gasteiger partial charge in [-0.2, -0.15) is 0 Å². The molecule has 0 N–H and O–H groups in total. The lowest BCUT2D eigenvalue weighted by molar-refractivity contribution is 0.274. The smallest absolute Gasteiger partial charge is 0.0346 e. The summed E-state index contributed by atoms with van der Waals surface area (Å²) in [5, 5.41) is 0. The maximum absolute atomic E-state index is 5.61. The van der Waals surface area contributed by atoms with Crippen LogP contribution in [-0.2, 0) is 0 Å². The predicted molar refractivity (Wildman–Crippen MR) is 46.8 cm³/mol. The minimum Gasteiger partial charge on any atom is -0.0651 e. The van der Waals surface area contributed by atoms with Crippen LogP contribution in [0.15, 0.2) is 0 Å². The van der Waals surface area contributed by atoms with Crippen molar-refractivity contribution in [3.8, 4) is 0 Å².